The van der Waals surface area contributed by atoms with Crippen LogP contribution in [0.2, 0.25) is 0 Å². The van der Waals surface area contributed by atoms with E-state index in [1.165, 1.54) is 0 Å². The lowest BCUT2D eigenvalue weighted by molar-refractivity contribution is -0.138. The van der Waals surface area contributed by atoms with Gasteiger partial charge in [0.05, 0.1) is 0 Å². The van der Waals surface area contributed by atoms with Crippen LogP contribution in [-0.4, -0.2) is 37.3 Å². The molecule has 1 heterocycles. The first kappa shape index (κ1) is 19.1. The molecular weight excluding hydrogens is 327 g/mol. The minimum absolute atomic E-state index is 0. The molecule has 8 heteroatoms. The number of nitrogens with zero attached hydrogens (tertiary/aromatic N) is 1. The van der Waals surface area contributed by atoms with Crippen LogP contribution >= 0.6 is 12.4 Å². The second-order valence-corrected chi connectivity index (χ2v) is 5.16. The Balaban J connectivity index is 0.00000242. The molecule has 2 rings (SSSR count). The normalized spacial score (nSPS) is 17.9. The smallest absolute Gasteiger partial charge is 0.314 e. The Morgan fingerprint density at radius 2 is 1.59 bits per heavy atom. The van der Waals surface area contributed by atoms with Crippen LogP contribution in [0.1, 0.15) is 24.4 Å². The number of hydrogen-bond donors (Lipinski definition) is 1. The van der Waals surface area contributed by atoms with E-state index >= 15 is 0 Å². The quantitative estimate of drug-likeness (QED) is 0.838. The summed E-state index contributed by atoms with van der Waals surface area (Å²) >= 11 is 0. The largest absolute Gasteiger partial charge is 0.389 e. The molecular formula is C14H18ClF5N2. The average molecular weight is 345 g/mol. The zero-order valence-corrected chi connectivity index (χ0v) is 12.6. The van der Waals surface area contributed by atoms with Crippen LogP contribution in [0, 0.1) is 11.6 Å². The van der Waals surface area contributed by atoms with E-state index in [1.54, 1.807) is 0 Å². The fraction of sp³-hybridized carbons (Fsp3) is 0.571. The highest BCUT2D eigenvalue weighted by molar-refractivity contribution is 5.85. The number of piperazine rings is 1. The topological polar surface area (TPSA) is 15.3 Å². The third-order valence-corrected chi connectivity index (χ3v) is 3.56. The van der Waals surface area contributed by atoms with Gasteiger partial charge in [0.1, 0.15) is 11.6 Å². The van der Waals surface area contributed by atoms with Gasteiger partial charge in [0.15, 0.2) is 0 Å². The summed E-state index contributed by atoms with van der Waals surface area (Å²) in [6, 6.07) is 2.33. The lowest BCUT2D eigenvalue weighted by Crippen LogP contribution is -2.45. The first-order valence-electron chi connectivity index (χ1n) is 6.83. The van der Waals surface area contributed by atoms with Gasteiger partial charge in [0, 0.05) is 44.7 Å². The van der Waals surface area contributed by atoms with Gasteiger partial charge in [-0.2, -0.15) is 13.2 Å². The Bertz CT molecular complexity index is 455. The van der Waals surface area contributed by atoms with Crippen molar-refractivity contribution in [2.24, 2.45) is 0 Å². The maximum Gasteiger partial charge on any atom is 0.389 e. The molecule has 1 aromatic carbocycles. The van der Waals surface area contributed by atoms with Crippen molar-refractivity contribution in [1.29, 1.82) is 0 Å². The minimum atomic E-state index is -4.28. The molecule has 0 bridgehead atoms. The van der Waals surface area contributed by atoms with Crippen molar-refractivity contribution >= 4 is 12.4 Å². The van der Waals surface area contributed by atoms with E-state index in [2.05, 4.69) is 5.32 Å². The second-order valence-electron chi connectivity index (χ2n) is 5.16. The first-order chi connectivity index (χ1) is 9.85. The number of rotatable bonds is 4. The molecule has 2 nitrogen and oxygen atoms in total. The van der Waals surface area contributed by atoms with E-state index in [0.29, 0.717) is 26.2 Å². The van der Waals surface area contributed by atoms with Crippen LogP contribution < -0.4 is 5.32 Å². The first-order valence-corrected chi connectivity index (χ1v) is 6.83. The van der Waals surface area contributed by atoms with E-state index in [0.717, 1.165) is 18.2 Å². The molecule has 1 aliphatic rings. The SMILES string of the molecule is Cl.Fc1cc(F)cc([C@H](CCC(F)(F)F)N2CCNCC2)c1. The molecule has 0 amide bonds. The van der Waals surface area contributed by atoms with E-state index in [9.17, 15) is 22.0 Å². The Morgan fingerprint density at radius 1 is 1.05 bits per heavy atom. The molecule has 1 fully saturated rings. The van der Waals surface area contributed by atoms with Gasteiger partial charge >= 0.3 is 6.18 Å². The van der Waals surface area contributed by atoms with E-state index < -0.39 is 30.3 Å². The average Bonchev–Trinajstić information content (AvgIpc) is 2.37. The number of alkyl halides is 3. The predicted octanol–water partition coefficient (Wildman–Crippen LogP) is 3.68. The van der Waals surface area contributed by atoms with E-state index in [4.69, 9.17) is 0 Å². The molecule has 126 valence electrons. The fourth-order valence-corrected chi connectivity index (χ4v) is 2.62. The molecule has 22 heavy (non-hydrogen) atoms. The van der Waals surface area contributed by atoms with Crippen molar-refractivity contribution in [1.82, 2.24) is 10.2 Å². The molecule has 0 unspecified atom stereocenters. The van der Waals surface area contributed by atoms with Crippen LogP contribution in [0.15, 0.2) is 18.2 Å². The van der Waals surface area contributed by atoms with Gasteiger partial charge in [0.2, 0.25) is 0 Å². The molecule has 1 N–H and O–H groups in total. The molecule has 1 aromatic rings. The number of nitrogens with one attached hydrogen (secondary N) is 1. The van der Waals surface area contributed by atoms with Gasteiger partial charge in [-0.15, -0.1) is 12.4 Å². The summed E-state index contributed by atoms with van der Waals surface area (Å²) < 4.78 is 64.1. The summed E-state index contributed by atoms with van der Waals surface area (Å²) in [6.45, 7) is 2.42. The number of benzene rings is 1. The van der Waals surface area contributed by atoms with E-state index in [-0.39, 0.29) is 24.4 Å². The third kappa shape index (κ3) is 5.70. The minimum Gasteiger partial charge on any atom is -0.314 e. The molecule has 1 aliphatic heterocycles. The van der Waals surface area contributed by atoms with Crippen LogP contribution in [0.4, 0.5) is 22.0 Å². The van der Waals surface area contributed by atoms with Gasteiger partial charge < -0.3 is 5.32 Å². The van der Waals surface area contributed by atoms with Gasteiger partial charge in [-0.25, -0.2) is 8.78 Å². The van der Waals surface area contributed by atoms with Crippen molar-refractivity contribution in [2.45, 2.75) is 25.1 Å². The molecule has 0 radical (unpaired) electrons. The van der Waals surface area contributed by atoms with Gasteiger partial charge in [-0.3, -0.25) is 4.90 Å². The lowest BCUT2D eigenvalue weighted by Gasteiger charge is -2.35. The van der Waals surface area contributed by atoms with Crippen LogP contribution in [0.25, 0.3) is 0 Å². The predicted molar refractivity (Wildman–Crippen MR) is 76.1 cm³/mol. The molecule has 0 saturated carbocycles. The summed E-state index contributed by atoms with van der Waals surface area (Å²) in [5.41, 5.74) is 0.263. The molecule has 0 spiro atoms. The highest BCUT2D eigenvalue weighted by Crippen LogP contribution is 2.32. The highest BCUT2D eigenvalue weighted by Gasteiger charge is 2.31. The lowest BCUT2D eigenvalue weighted by atomic mass is 9.99. The van der Waals surface area contributed by atoms with Crippen LogP contribution in [0.5, 0.6) is 0 Å². The molecule has 1 saturated heterocycles. The molecule has 0 aromatic heterocycles. The summed E-state index contributed by atoms with van der Waals surface area (Å²) in [5.74, 6) is -1.53. The standard InChI is InChI=1S/C14H17F5N2.ClH/c15-11-7-10(8-12(16)9-11)13(1-2-14(17,18)19)21-5-3-20-4-6-21;/h7-9,13,20H,1-6H2;1H/t13-;/m0./s1. The molecule has 1 atom stereocenters. The van der Waals surface area contributed by atoms with Crippen molar-refractivity contribution in [3.8, 4) is 0 Å². The van der Waals surface area contributed by atoms with E-state index in [1.807, 2.05) is 4.90 Å². The van der Waals surface area contributed by atoms with Crippen molar-refractivity contribution in [3.05, 3.63) is 35.4 Å². The van der Waals surface area contributed by atoms with Crippen molar-refractivity contribution in [3.63, 3.8) is 0 Å². The maximum atomic E-state index is 13.3. The highest BCUT2D eigenvalue weighted by atomic mass is 35.5. The summed E-state index contributed by atoms with van der Waals surface area (Å²) in [7, 11) is 0. The zero-order chi connectivity index (χ0) is 15.5. The Hall–Kier alpha value is -0.920. The molecule has 0 aliphatic carbocycles. The summed E-state index contributed by atoms with van der Waals surface area (Å²) in [4.78, 5) is 1.84. The summed E-state index contributed by atoms with van der Waals surface area (Å²) in [5, 5.41) is 3.10. The number of hydrogen-bond acceptors (Lipinski definition) is 2. The second kappa shape index (κ2) is 8.08. The van der Waals surface area contributed by atoms with Gasteiger partial charge in [0.25, 0.3) is 0 Å². The Kier molecular flexibility index (Phi) is 7.02. The fourth-order valence-electron chi connectivity index (χ4n) is 2.62. The van der Waals surface area contributed by atoms with Crippen molar-refractivity contribution in [2.75, 3.05) is 26.2 Å². The number of halogens is 6. The van der Waals surface area contributed by atoms with Gasteiger partial charge in [-0.1, -0.05) is 0 Å². The van der Waals surface area contributed by atoms with Crippen LogP contribution in [0.3, 0.4) is 0 Å². The Morgan fingerprint density at radius 3 is 2.09 bits per heavy atom. The monoisotopic (exact) mass is 344 g/mol. The Labute approximate surface area is 132 Å². The maximum absolute atomic E-state index is 13.3. The third-order valence-electron chi connectivity index (χ3n) is 3.56. The van der Waals surface area contributed by atoms with Gasteiger partial charge in [-0.05, 0) is 24.1 Å². The van der Waals surface area contributed by atoms with Crippen molar-refractivity contribution < 1.29 is 22.0 Å². The van der Waals surface area contributed by atoms with Crippen LogP contribution in [-0.2, 0) is 0 Å². The summed E-state index contributed by atoms with van der Waals surface area (Å²) in [6.07, 6.45) is -5.45. The zero-order valence-electron chi connectivity index (χ0n) is 11.8.